The summed E-state index contributed by atoms with van der Waals surface area (Å²) in [6.07, 6.45) is 0. The molecule has 0 unspecified atom stereocenters. The molecule has 8 rings (SSSR count). The highest BCUT2D eigenvalue weighted by atomic mass is 15.0. The van der Waals surface area contributed by atoms with E-state index in [0.29, 0.717) is 0 Å². The van der Waals surface area contributed by atoms with Crippen molar-refractivity contribution in [1.29, 1.82) is 0 Å². The van der Waals surface area contributed by atoms with Crippen molar-refractivity contribution in [3.63, 3.8) is 0 Å². The van der Waals surface area contributed by atoms with Gasteiger partial charge in [0.15, 0.2) is 0 Å². The average Bonchev–Trinajstić information content (AvgIpc) is 3.65. The van der Waals surface area contributed by atoms with Gasteiger partial charge in [0.25, 0.3) is 0 Å². The van der Waals surface area contributed by atoms with Gasteiger partial charge in [-0.2, -0.15) is 0 Å². The third-order valence-corrected chi connectivity index (χ3v) is 8.39. The number of nitrogens with zero attached hydrogens (tertiary/aromatic N) is 2. The SMILES string of the molecule is Cc1ccc(-n2c(-c3ccccc3)cc3ccc(-c4ccc5c(c4)cc(-c4ccccc4)n5-c4ccccc4)cc32)cc1. The fraction of sp³-hybridized carbons (Fsp3) is 0.0244. The number of rotatable bonds is 5. The van der Waals surface area contributed by atoms with E-state index < -0.39 is 0 Å². The van der Waals surface area contributed by atoms with Gasteiger partial charge in [0.05, 0.1) is 22.4 Å². The van der Waals surface area contributed by atoms with Crippen LogP contribution in [0.2, 0.25) is 0 Å². The smallest absolute Gasteiger partial charge is 0.0541 e. The molecule has 0 N–H and O–H groups in total. The maximum absolute atomic E-state index is 2.39. The molecule has 0 aliphatic carbocycles. The van der Waals surface area contributed by atoms with Crippen molar-refractivity contribution in [3.05, 3.63) is 169 Å². The van der Waals surface area contributed by atoms with Crippen LogP contribution in [-0.4, -0.2) is 9.13 Å². The second-order valence-corrected chi connectivity index (χ2v) is 11.2. The van der Waals surface area contributed by atoms with E-state index in [2.05, 4.69) is 180 Å². The Morgan fingerprint density at radius 1 is 0.349 bits per heavy atom. The van der Waals surface area contributed by atoms with E-state index in [1.807, 2.05) is 0 Å². The average molecular weight is 551 g/mol. The number of hydrogen-bond acceptors (Lipinski definition) is 0. The summed E-state index contributed by atoms with van der Waals surface area (Å²) in [5, 5.41) is 2.45. The van der Waals surface area contributed by atoms with Crippen LogP contribution in [0.15, 0.2) is 164 Å². The molecule has 0 aliphatic heterocycles. The van der Waals surface area contributed by atoms with Crippen molar-refractivity contribution in [2.45, 2.75) is 6.92 Å². The topological polar surface area (TPSA) is 9.86 Å². The van der Waals surface area contributed by atoms with Gasteiger partial charge >= 0.3 is 0 Å². The van der Waals surface area contributed by atoms with Crippen LogP contribution in [0.1, 0.15) is 5.56 Å². The van der Waals surface area contributed by atoms with Crippen LogP contribution in [0.5, 0.6) is 0 Å². The summed E-state index contributed by atoms with van der Waals surface area (Å²) in [5.74, 6) is 0. The van der Waals surface area contributed by atoms with Crippen molar-refractivity contribution >= 4 is 21.8 Å². The van der Waals surface area contributed by atoms with E-state index in [-0.39, 0.29) is 0 Å². The van der Waals surface area contributed by atoms with Gasteiger partial charge in [-0.25, -0.2) is 0 Å². The predicted molar refractivity (Wildman–Crippen MR) is 181 cm³/mol. The molecular formula is C41H30N2. The van der Waals surface area contributed by atoms with Crippen molar-refractivity contribution in [2.75, 3.05) is 0 Å². The zero-order chi connectivity index (χ0) is 28.8. The molecule has 204 valence electrons. The Kier molecular flexibility index (Phi) is 6.05. The molecule has 2 nitrogen and oxygen atoms in total. The van der Waals surface area contributed by atoms with Crippen LogP contribution in [0, 0.1) is 6.92 Å². The fourth-order valence-electron chi connectivity index (χ4n) is 6.25. The highest BCUT2D eigenvalue weighted by molar-refractivity contribution is 5.95. The Balaban J connectivity index is 1.31. The Morgan fingerprint density at radius 3 is 1.51 bits per heavy atom. The van der Waals surface area contributed by atoms with E-state index in [0.717, 1.165) is 5.69 Å². The van der Waals surface area contributed by atoms with E-state index >= 15 is 0 Å². The lowest BCUT2D eigenvalue weighted by Gasteiger charge is -2.13. The van der Waals surface area contributed by atoms with E-state index in [4.69, 9.17) is 0 Å². The molecule has 2 heterocycles. The van der Waals surface area contributed by atoms with Crippen molar-refractivity contribution in [2.24, 2.45) is 0 Å². The van der Waals surface area contributed by atoms with Crippen molar-refractivity contribution in [3.8, 4) is 45.0 Å². The lowest BCUT2D eigenvalue weighted by atomic mass is 10.0. The molecule has 0 aliphatic rings. The molecule has 6 aromatic carbocycles. The van der Waals surface area contributed by atoms with Crippen molar-refractivity contribution < 1.29 is 0 Å². The summed E-state index contributed by atoms with van der Waals surface area (Å²) in [6, 6.07) is 59.1. The van der Waals surface area contributed by atoms with E-state index in [1.54, 1.807) is 0 Å². The van der Waals surface area contributed by atoms with Gasteiger partial charge in [-0.05, 0) is 83.8 Å². The molecule has 0 saturated carbocycles. The highest BCUT2D eigenvalue weighted by Crippen LogP contribution is 2.37. The summed E-state index contributed by atoms with van der Waals surface area (Å²) in [4.78, 5) is 0. The molecule has 0 atom stereocenters. The van der Waals surface area contributed by atoms with E-state index in [1.165, 1.54) is 66.7 Å². The quantitative estimate of drug-likeness (QED) is 0.202. The largest absolute Gasteiger partial charge is 0.309 e. The monoisotopic (exact) mass is 550 g/mol. The number of para-hydroxylation sites is 1. The van der Waals surface area contributed by atoms with Crippen LogP contribution < -0.4 is 0 Å². The molecule has 0 bridgehead atoms. The summed E-state index contributed by atoms with van der Waals surface area (Å²) in [7, 11) is 0. The predicted octanol–water partition coefficient (Wildman–Crippen LogP) is 10.9. The third kappa shape index (κ3) is 4.45. The number of hydrogen-bond donors (Lipinski definition) is 0. The van der Waals surface area contributed by atoms with Crippen LogP contribution in [-0.2, 0) is 0 Å². The Morgan fingerprint density at radius 2 is 0.860 bits per heavy atom. The van der Waals surface area contributed by atoms with Gasteiger partial charge in [0, 0.05) is 22.1 Å². The minimum Gasteiger partial charge on any atom is -0.309 e. The summed E-state index contributed by atoms with van der Waals surface area (Å²) in [6.45, 7) is 2.14. The number of fused-ring (bicyclic) bond motifs is 2. The van der Waals surface area contributed by atoms with Crippen LogP contribution in [0.4, 0.5) is 0 Å². The second kappa shape index (κ2) is 10.3. The Hall–Kier alpha value is -5.60. The number of aryl methyl sites for hydroxylation is 1. The zero-order valence-electron chi connectivity index (χ0n) is 24.0. The molecule has 2 aromatic heterocycles. The Labute approximate surface area is 251 Å². The number of benzene rings is 6. The lowest BCUT2D eigenvalue weighted by molar-refractivity contribution is 1.13. The molecule has 0 radical (unpaired) electrons. The van der Waals surface area contributed by atoms with Gasteiger partial charge < -0.3 is 9.13 Å². The van der Waals surface area contributed by atoms with Crippen LogP contribution in [0.25, 0.3) is 66.8 Å². The molecule has 0 amide bonds. The normalized spacial score (nSPS) is 11.4. The highest BCUT2D eigenvalue weighted by Gasteiger charge is 2.16. The summed E-state index contributed by atoms with van der Waals surface area (Å²) >= 11 is 0. The molecule has 0 fully saturated rings. The second-order valence-electron chi connectivity index (χ2n) is 11.2. The Bertz CT molecular complexity index is 2200. The first-order valence-corrected chi connectivity index (χ1v) is 14.8. The molecule has 0 spiro atoms. The molecule has 2 heteroatoms. The maximum Gasteiger partial charge on any atom is 0.0541 e. The van der Waals surface area contributed by atoms with Gasteiger partial charge in [-0.1, -0.05) is 115 Å². The van der Waals surface area contributed by atoms with E-state index in [9.17, 15) is 0 Å². The molecule has 0 saturated heterocycles. The first-order chi connectivity index (χ1) is 21.2. The summed E-state index contributed by atoms with van der Waals surface area (Å²) in [5.41, 5.74) is 13.2. The molecular weight excluding hydrogens is 520 g/mol. The number of aromatic nitrogens is 2. The minimum absolute atomic E-state index is 1.16. The molecule has 8 aromatic rings. The minimum atomic E-state index is 1.16. The zero-order valence-corrected chi connectivity index (χ0v) is 24.0. The van der Waals surface area contributed by atoms with Crippen molar-refractivity contribution in [1.82, 2.24) is 9.13 Å². The summed E-state index contributed by atoms with van der Waals surface area (Å²) < 4.78 is 4.76. The first kappa shape index (κ1) is 25.1. The van der Waals surface area contributed by atoms with Gasteiger partial charge in [0.2, 0.25) is 0 Å². The van der Waals surface area contributed by atoms with Crippen LogP contribution in [0.3, 0.4) is 0 Å². The third-order valence-electron chi connectivity index (χ3n) is 8.39. The van der Waals surface area contributed by atoms with Gasteiger partial charge in [-0.3, -0.25) is 0 Å². The maximum atomic E-state index is 2.39. The standard InChI is InChI=1S/C41H30N2/c1-29-17-22-37(23-18-29)43-39(30-11-5-2-6-12-30)27-34-20-19-33(26-41(34)43)32-21-24-38-35(25-32)28-40(31-13-7-3-8-14-31)42(38)36-15-9-4-10-16-36/h2-28H,1H3. The fourth-order valence-corrected chi connectivity index (χ4v) is 6.25. The lowest BCUT2D eigenvalue weighted by Crippen LogP contribution is -1.97. The van der Waals surface area contributed by atoms with Gasteiger partial charge in [0.1, 0.15) is 0 Å². The first-order valence-electron chi connectivity index (χ1n) is 14.8. The molecule has 43 heavy (non-hydrogen) atoms. The van der Waals surface area contributed by atoms with Crippen LogP contribution >= 0.6 is 0 Å². The van der Waals surface area contributed by atoms with Gasteiger partial charge in [-0.15, -0.1) is 0 Å².